The lowest BCUT2D eigenvalue weighted by Crippen LogP contribution is -2.50. The Kier molecular flexibility index (Phi) is 7.56. The Hall–Kier alpha value is -2.25. The van der Waals surface area contributed by atoms with E-state index < -0.39 is 0 Å². The van der Waals surface area contributed by atoms with Crippen LogP contribution in [0.1, 0.15) is 26.7 Å². The van der Waals surface area contributed by atoms with E-state index in [-0.39, 0.29) is 6.09 Å². The third-order valence-electron chi connectivity index (χ3n) is 4.26. The van der Waals surface area contributed by atoms with E-state index in [4.69, 9.17) is 4.74 Å². The molecule has 1 aromatic heterocycles. The number of nitrogens with one attached hydrogen (secondary N) is 2. The zero-order valence-electron chi connectivity index (χ0n) is 15.4. The summed E-state index contributed by atoms with van der Waals surface area (Å²) in [6.45, 7) is 7.54. The van der Waals surface area contributed by atoms with E-state index in [0.717, 1.165) is 31.9 Å². The molecular formula is C17H30N6O2. The third kappa shape index (κ3) is 6.28. The monoisotopic (exact) mass is 350 g/mol. The zero-order valence-corrected chi connectivity index (χ0v) is 15.4. The summed E-state index contributed by atoms with van der Waals surface area (Å²) in [6, 6.07) is 2.25. The van der Waals surface area contributed by atoms with Gasteiger partial charge in [0.15, 0.2) is 5.96 Å². The highest BCUT2D eigenvalue weighted by Gasteiger charge is 2.24. The normalized spacial score (nSPS) is 17.2. The predicted molar refractivity (Wildman–Crippen MR) is 97.5 cm³/mol. The van der Waals surface area contributed by atoms with Crippen molar-refractivity contribution in [3.05, 3.63) is 18.5 Å². The quantitative estimate of drug-likeness (QED) is 0.597. The van der Waals surface area contributed by atoms with E-state index in [0.29, 0.717) is 31.7 Å². The van der Waals surface area contributed by atoms with Crippen LogP contribution in [0, 0.1) is 5.92 Å². The van der Waals surface area contributed by atoms with Crippen molar-refractivity contribution in [1.29, 1.82) is 0 Å². The first-order valence-corrected chi connectivity index (χ1v) is 8.98. The van der Waals surface area contributed by atoms with Crippen molar-refractivity contribution < 1.29 is 9.53 Å². The molecule has 1 amide bonds. The van der Waals surface area contributed by atoms with Crippen LogP contribution in [-0.2, 0) is 11.3 Å². The number of aliphatic imine (C=N–C) groups is 1. The molecule has 0 aromatic carbocycles. The van der Waals surface area contributed by atoms with Crippen LogP contribution in [-0.4, -0.2) is 66.1 Å². The number of hydrogen-bond acceptors (Lipinski definition) is 4. The lowest BCUT2D eigenvalue weighted by Gasteiger charge is -2.32. The van der Waals surface area contributed by atoms with Crippen molar-refractivity contribution in [2.24, 2.45) is 10.9 Å². The Balaban J connectivity index is 1.69. The molecular weight excluding hydrogens is 320 g/mol. The number of aromatic nitrogens is 2. The molecule has 2 heterocycles. The molecule has 0 bridgehead atoms. The van der Waals surface area contributed by atoms with Gasteiger partial charge >= 0.3 is 6.09 Å². The molecule has 1 unspecified atom stereocenters. The predicted octanol–water partition coefficient (Wildman–Crippen LogP) is 1.31. The lowest BCUT2D eigenvalue weighted by molar-refractivity contribution is 0.0963. The maximum atomic E-state index is 11.7. The zero-order chi connectivity index (χ0) is 18.1. The topological polar surface area (TPSA) is 83.8 Å². The molecule has 1 fully saturated rings. The molecule has 25 heavy (non-hydrogen) atoms. The fourth-order valence-electron chi connectivity index (χ4n) is 2.87. The van der Waals surface area contributed by atoms with Gasteiger partial charge in [0.05, 0.1) is 6.61 Å². The van der Waals surface area contributed by atoms with Crippen LogP contribution in [0.3, 0.4) is 0 Å². The summed E-state index contributed by atoms with van der Waals surface area (Å²) in [7, 11) is 1.78. The van der Waals surface area contributed by atoms with Crippen LogP contribution >= 0.6 is 0 Å². The Bertz CT molecular complexity index is 537. The molecule has 1 saturated heterocycles. The van der Waals surface area contributed by atoms with Gasteiger partial charge in [-0.1, -0.05) is 6.92 Å². The largest absolute Gasteiger partial charge is 0.450 e. The van der Waals surface area contributed by atoms with Gasteiger partial charge in [0.25, 0.3) is 0 Å². The summed E-state index contributed by atoms with van der Waals surface area (Å²) in [6.07, 6.45) is 5.34. The average molecular weight is 350 g/mol. The first kappa shape index (κ1) is 19.1. The fourth-order valence-corrected chi connectivity index (χ4v) is 2.87. The molecule has 1 aliphatic heterocycles. The molecule has 1 aromatic rings. The van der Waals surface area contributed by atoms with Crippen LogP contribution < -0.4 is 10.6 Å². The molecule has 0 spiro atoms. The summed E-state index contributed by atoms with van der Waals surface area (Å²) in [5, 5.41) is 11.1. The average Bonchev–Trinajstić information content (AvgIpc) is 3.12. The SMILES string of the molecule is CCOC(=O)N1CCC(NC(=NC)NCC(C)Cn2cccn2)CC1. The number of carbonyl (C=O) groups excluding carboxylic acids is 1. The molecule has 2 rings (SSSR count). The number of amides is 1. The van der Waals surface area contributed by atoms with Gasteiger partial charge in [-0.3, -0.25) is 9.67 Å². The van der Waals surface area contributed by atoms with Crippen molar-refractivity contribution >= 4 is 12.1 Å². The number of rotatable bonds is 6. The smallest absolute Gasteiger partial charge is 0.409 e. The van der Waals surface area contributed by atoms with Gasteiger partial charge in [-0.25, -0.2) is 4.79 Å². The van der Waals surface area contributed by atoms with Crippen LogP contribution in [0.2, 0.25) is 0 Å². The summed E-state index contributed by atoms with van der Waals surface area (Å²) < 4.78 is 6.99. The highest BCUT2D eigenvalue weighted by atomic mass is 16.6. The van der Waals surface area contributed by atoms with Gasteiger partial charge in [-0.2, -0.15) is 5.10 Å². The highest BCUT2D eigenvalue weighted by Crippen LogP contribution is 2.11. The highest BCUT2D eigenvalue weighted by molar-refractivity contribution is 5.80. The van der Waals surface area contributed by atoms with Gasteiger partial charge in [0, 0.05) is 51.7 Å². The van der Waals surface area contributed by atoms with Crippen molar-refractivity contribution in [2.75, 3.05) is 33.3 Å². The Morgan fingerprint density at radius 2 is 2.20 bits per heavy atom. The van der Waals surface area contributed by atoms with Crippen LogP contribution in [0.25, 0.3) is 0 Å². The molecule has 0 radical (unpaired) electrons. The van der Waals surface area contributed by atoms with Gasteiger partial charge in [-0.05, 0) is 31.7 Å². The van der Waals surface area contributed by atoms with E-state index in [2.05, 4.69) is 27.6 Å². The molecule has 8 nitrogen and oxygen atoms in total. The second-order valence-electron chi connectivity index (χ2n) is 6.39. The Morgan fingerprint density at radius 3 is 2.80 bits per heavy atom. The maximum absolute atomic E-state index is 11.7. The van der Waals surface area contributed by atoms with Gasteiger partial charge in [0.2, 0.25) is 0 Å². The number of likely N-dealkylation sites (tertiary alicyclic amines) is 1. The van der Waals surface area contributed by atoms with E-state index in [1.54, 1.807) is 18.1 Å². The van der Waals surface area contributed by atoms with Crippen LogP contribution in [0.15, 0.2) is 23.5 Å². The Morgan fingerprint density at radius 1 is 1.44 bits per heavy atom. The number of ether oxygens (including phenoxy) is 1. The Labute approximate surface area is 149 Å². The minimum atomic E-state index is -0.212. The first-order chi connectivity index (χ1) is 12.1. The van der Waals surface area contributed by atoms with Gasteiger partial charge in [-0.15, -0.1) is 0 Å². The third-order valence-corrected chi connectivity index (χ3v) is 4.26. The minimum absolute atomic E-state index is 0.212. The molecule has 1 atom stereocenters. The summed E-state index contributed by atoms with van der Waals surface area (Å²) >= 11 is 0. The maximum Gasteiger partial charge on any atom is 0.409 e. The molecule has 8 heteroatoms. The van der Waals surface area contributed by atoms with Crippen molar-refractivity contribution in [3.63, 3.8) is 0 Å². The molecule has 0 saturated carbocycles. The van der Waals surface area contributed by atoms with Crippen LogP contribution in [0.5, 0.6) is 0 Å². The summed E-state index contributed by atoms with van der Waals surface area (Å²) in [4.78, 5) is 17.8. The molecule has 2 N–H and O–H groups in total. The fraction of sp³-hybridized carbons (Fsp3) is 0.706. The first-order valence-electron chi connectivity index (χ1n) is 8.98. The standard InChI is InChI=1S/C17H30N6O2/c1-4-25-17(24)22-10-6-15(7-11-22)21-16(18-3)19-12-14(2)13-23-9-5-8-20-23/h5,8-9,14-15H,4,6-7,10-13H2,1-3H3,(H2,18,19,21). The number of nitrogens with zero attached hydrogens (tertiary/aromatic N) is 4. The lowest BCUT2D eigenvalue weighted by atomic mass is 10.1. The van der Waals surface area contributed by atoms with Crippen molar-refractivity contribution in [3.8, 4) is 0 Å². The molecule has 1 aliphatic rings. The second kappa shape index (κ2) is 9.90. The number of carbonyl (C=O) groups is 1. The second-order valence-corrected chi connectivity index (χ2v) is 6.39. The minimum Gasteiger partial charge on any atom is -0.450 e. The van der Waals surface area contributed by atoms with E-state index in [9.17, 15) is 4.79 Å². The van der Waals surface area contributed by atoms with Crippen molar-refractivity contribution in [1.82, 2.24) is 25.3 Å². The van der Waals surface area contributed by atoms with Gasteiger partial charge in [0.1, 0.15) is 0 Å². The molecule has 0 aliphatic carbocycles. The van der Waals surface area contributed by atoms with E-state index in [1.165, 1.54) is 0 Å². The summed E-state index contributed by atoms with van der Waals surface area (Å²) in [5.74, 6) is 1.24. The van der Waals surface area contributed by atoms with Crippen LogP contribution in [0.4, 0.5) is 4.79 Å². The number of guanidine groups is 1. The number of piperidine rings is 1. The van der Waals surface area contributed by atoms with E-state index >= 15 is 0 Å². The van der Waals surface area contributed by atoms with Gasteiger partial charge < -0.3 is 20.3 Å². The molecule has 140 valence electrons. The number of hydrogen-bond donors (Lipinski definition) is 2. The van der Waals surface area contributed by atoms with Crippen molar-refractivity contribution in [2.45, 2.75) is 39.3 Å². The summed E-state index contributed by atoms with van der Waals surface area (Å²) in [5.41, 5.74) is 0. The van der Waals surface area contributed by atoms with E-state index in [1.807, 2.05) is 23.9 Å².